The molecule has 1 saturated heterocycles. The summed E-state index contributed by atoms with van der Waals surface area (Å²) in [6.07, 6.45) is 7.56. The minimum absolute atomic E-state index is 0.0720. The molecule has 0 amide bonds. The summed E-state index contributed by atoms with van der Waals surface area (Å²) >= 11 is 1.64. The number of carbonyl (C=O) groups excluding carboxylic acids is 1. The lowest BCUT2D eigenvalue weighted by Gasteiger charge is -2.32. The highest BCUT2D eigenvalue weighted by molar-refractivity contribution is 7.99. The number of hydrogen-bond acceptors (Lipinski definition) is 7. The number of anilines is 2. The fourth-order valence-electron chi connectivity index (χ4n) is 3.15. The first-order valence-corrected chi connectivity index (χ1v) is 10.1. The summed E-state index contributed by atoms with van der Waals surface area (Å²) in [5.41, 5.74) is 5.99. The van der Waals surface area contributed by atoms with Crippen LogP contribution in [0.4, 0.5) is 11.6 Å². The molecule has 3 heterocycles. The van der Waals surface area contributed by atoms with Gasteiger partial charge in [0.1, 0.15) is 11.6 Å². The van der Waals surface area contributed by atoms with Gasteiger partial charge in [0, 0.05) is 50.3 Å². The van der Waals surface area contributed by atoms with E-state index in [1.54, 1.807) is 34.8 Å². The van der Waals surface area contributed by atoms with Gasteiger partial charge in [0.05, 0.1) is 0 Å². The van der Waals surface area contributed by atoms with Gasteiger partial charge < -0.3 is 15.2 Å². The summed E-state index contributed by atoms with van der Waals surface area (Å²) in [6, 6.07) is 1.80. The SMILES string of the molecule is CCCCSc1nc(N)cc(N2CCCC(C(=O)c3nccn3C)C2)n1. The number of imidazole rings is 1. The van der Waals surface area contributed by atoms with Crippen LogP contribution in [0.25, 0.3) is 0 Å². The number of unbranched alkanes of at least 4 members (excludes halogenated alkanes) is 1. The number of carbonyl (C=O) groups is 1. The fourth-order valence-corrected chi connectivity index (χ4v) is 4.09. The van der Waals surface area contributed by atoms with E-state index in [1.165, 1.54) is 0 Å². The largest absolute Gasteiger partial charge is 0.383 e. The molecule has 8 heteroatoms. The van der Waals surface area contributed by atoms with E-state index >= 15 is 0 Å². The van der Waals surface area contributed by atoms with Gasteiger partial charge in [-0.15, -0.1) is 0 Å². The highest BCUT2D eigenvalue weighted by Crippen LogP contribution is 2.27. The van der Waals surface area contributed by atoms with Gasteiger partial charge in [0.25, 0.3) is 0 Å². The molecule has 140 valence electrons. The first-order valence-electron chi connectivity index (χ1n) is 9.12. The molecular weight excluding hydrogens is 348 g/mol. The molecule has 2 aromatic rings. The monoisotopic (exact) mass is 374 g/mol. The smallest absolute Gasteiger partial charge is 0.203 e. The van der Waals surface area contributed by atoms with Crippen molar-refractivity contribution < 1.29 is 4.79 Å². The van der Waals surface area contributed by atoms with Crippen LogP contribution in [0.5, 0.6) is 0 Å². The number of hydrogen-bond donors (Lipinski definition) is 1. The molecule has 1 unspecified atom stereocenters. The Kier molecular flexibility index (Phi) is 6.13. The Morgan fingerprint density at radius 3 is 3.00 bits per heavy atom. The van der Waals surface area contributed by atoms with Gasteiger partial charge in [0.15, 0.2) is 11.0 Å². The highest BCUT2D eigenvalue weighted by atomic mass is 32.2. The lowest BCUT2D eigenvalue weighted by molar-refractivity contribution is 0.0893. The number of Topliss-reactive ketones (excluding diaryl/α,β-unsaturated/α-hetero) is 1. The van der Waals surface area contributed by atoms with Crippen LogP contribution in [0.1, 0.15) is 43.2 Å². The Bertz CT molecular complexity index is 762. The average molecular weight is 375 g/mol. The van der Waals surface area contributed by atoms with E-state index in [9.17, 15) is 4.79 Å². The van der Waals surface area contributed by atoms with Crippen LogP contribution in [0.3, 0.4) is 0 Å². The summed E-state index contributed by atoms with van der Waals surface area (Å²) in [5, 5.41) is 0.714. The van der Waals surface area contributed by atoms with E-state index in [0.717, 1.165) is 43.8 Å². The highest BCUT2D eigenvalue weighted by Gasteiger charge is 2.29. The van der Waals surface area contributed by atoms with Crippen LogP contribution in [0.15, 0.2) is 23.6 Å². The molecule has 0 bridgehead atoms. The second-order valence-corrected chi connectivity index (χ2v) is 7.71. The Labute approximate surface area is 158 Å². The van der Waals surface area contributed by atoms with E-state index < -0.39 is 0 Å². The number of nitrogens with zero attached hydrogens (tertiary/aromatic N) is 5. The maximum Gasteiger partial charge on any atom is 0.203 e. The average Bonchev–Trinajstić information content (AvgIpc) is 3.07. The standard InChI is InChI=1S/C18H26N6OS/c1-3-4-10-26-18-21-14(19)11-15(22-18)24-8-5-6-13(12-24)16(25)17-20-7-9-23(17)2/h7,9,11,13H,3-6,8,10,12H2,1-2H3,(H2,19,21,22). The van der Waals surface area contributed by atoms with Gasteiger partial charge in [-0.05, 0) is 19.3 Å². The van der Waals surface area contributed by atoms with Gasteiger partial charge in [-0.2, -0.15) is 0 Å². The summed E-state index contributed by atoms with van der Waals surface area (Å²) < 4.78 is 1.78. The molecular formula is C18H26N6OS. The molecule has 2 aromatic heterocycles. The van der Waals surface area contributed by atoms with E-state index in [4.69, 9.17) is 5.73 Å². The number of aryl methyl sites for hydroxylation is 1. The molecule has 1 aliphatic heterocycles. The van der Waals surface area contributed by atoms with Gasteiger partial charge in [-0.3, -0.25) is 4.79 Å². The molecule has 2 N–H and O–H groups in total. The molecule has 0 aliphatic carbocycles. The quantitative estimate of drug-likeness (QED) is 0.345. The van der Waals surface area contributed by atoms with E-state index in [-0.39, 0.29) is 11.7 Å². The molecule has 1 fully saturated rings. The summed E-state index contributed by atoms with van der Waals surface area (Å²) in [7, 11) is 1.85. The van der Waals surface area contributed by atoms with Crippen molar-refractivity contribution in [3.05, 3.63) is 24.3 Å². The summed E-state index contributed by atoms with van der Waals surface area (Å²) in [5.74, 6) is 2.83. The third-order valence-corrected chi connectivity index (χ3v) is 5.53. The second kappa shape index (κ2) is 8.53. The van der Waals surface area contributed by atoms with Crippen LogP contribution in [-0.2, 0) is 7.05 Å². The lowest BCUT2D eigenvalue weighted by atomic mass is 9.93. The lowest BCUT2D eigenvalue weighted by Crippen LogP contribution is -2.40. The first kappa shape index (κ1) is 18.7. The Morgan fingerprint density at radius 1 is 1.42 bits per heavy atom. The third-order valence-electron chi connectivity index (χ3n) is 4.60. The van der Waals surface area contributed by atoms with Gasteiger partial charge in [-0.25, -0.2) is 15.0 Å². The van der Waals surface area contributed by atoms with Crippen molar-refractivity contribution in [2.45, 2.75) is 37.8 Å². The predicted molar refractivity (Wildman–Crippen MR) is 105 cm³/mol. The van der Waals surface area contributed by atoms with Crippen LogP contribution in [0, 0.1) is 5.92 Å². The Morgan fingerprint density at radius 2 is 2.27 bits per heavy atom. The zero-order valence-electron chi connectivity index (χ0n) is 15.4. The van der Waals surface area contributed by atoms with E-state index in [1.807, 2.05) is 7.05 Å². The van der Waals surface area contributed by atoms with Gasteiger partial charge >= 0.3 is 0 Å². The van der Waals surface area contributed by atoms with Crippen molar-refractivity contribution in [3.63, 3.8) is 0 Å². The molecule has 0 aromatic carbocycles. The molecule has 0 radical (unpaired) electrons. The Hall–Kier alpha value is -2.09. The topological polar surface area (TPSA) is 89.9 Å². The Balaban J connectivity index is 1.73. The number of ketones is 1. The maximum absolute atomic E-state index is 12.8. The number of thioether (sulfide) groups is 1. The fraction of sp³-hybridized carbons (Fsp3) is 0.556. The normalized spacial score (nSPS) is 17.5. The van der Waals surface area contributed by atoms with Crippen LogP contribution in [0.2, 0.25) is 0 Å². The van der Waals surface area contributed by atoms with Crippen LogP contribution in [-0.4, -0.2) is 44.1 Å². The number of aromatic nitrogens is 4. The molecule has 0 spiro atoms. The number of nitrogens with two attached hydrogens (primary N) is 1. The summed E-state index contributed by atoms with van der Waals surface area (Å²) in [4.78, 5) is 28.1. The van der Waals surface area contributed by atoms with Crippen molar-refractivity contribution in [2.75, 3.05) is 29.5 Å². The van der Waals surface area contributed by atoms with Crippen molar-refractivity contribution in [2.24, 2.45) is 13.0 Å². The molecule has 7 nitrogen and oxygen atoms in total. The zero-order chi connectivity index (χ0) is 18.5. The van der Waals surface area contributed by atoms with E-state index in [2.05, 4.69) is 26.8 Å². The van der Waals surface area contributed by atoms with Crippen molar-refractivity contribution in [3.8, 4) is 0 Å². The maximum atomic E-state index is 12.8. The molecule has 1 aliphatic rings. The van der Waals surface area contributed by atoms with Crippen molar-refractivity contribution in [1.82, 2.24) is 19.5 Å². The van der Waals surface area contributed by atoms with Crippen molar-refractivity contribution in [1.29, 1.82) is 0 Å². The molecule has 1 atom stereocenters. The van der Waals surface area contributed by atoms with Crippen LogP contribution >= 0.6 is 11.8 Å². The minimum atomic E-state index is -0.0720. The second-order valence-electron chi connectivity index (χ2n) is 6.65. The molecule has 3 rings (SSSR count). The van der Waals surface area contributed by atoms with Gasteiger partial charge in [-0.1, -0.05) is 25.1 Å². The molecule has 26 heavy (non-hydrogen) atoms. The molecule has 0 saturated carbocycles. The minimum Gasteiger partial charge on any atom is -0.383 e. The first-order chi connectivity index (χ1) is 12.6. The number of nitrogen functional groups attached to an aromatic ring is 1. The number of rotatable bonds is 7. The van der Waals surface area contributed by atoms with Gasteiger partial charge in [0.2, 0.25) is 5.78 Å². The van der Waals surface area contributed by atoms with E-state index in [0.29, 0.717) is 23.3 Å². The predicted octanol–water partition coefficient (Wildman–Crippen LogP) is 2.78. The zero-order valence-corrected chi connectivity index (χ0v) is 16.2. The third kappa shape index (κ3) is 4.35. The number of piperidine rings is 1. The van der Waals surface area contributed by atoms with Crippen LogP contribution < -0.4 is 10.6 Å². The van der Waals surface area contributed by atoms with Crippen molar-refractivity contribution >= 4 is 29.2 Å². The summed E-state index contributed by atoms with van der Waals surface area (Å²) in [6.45, 7) is 3.68.